The summed E-state index contributed by atoms with van der Waals surface area (Å²) in [6.07, 6.45) is 9.76. The van der Waals surface area contributed by atoms with Crippen molar-refractivity contribution in [3.05, 3.63) is 11.3 Å². The molecular formula is C13H23N. The van der Waals surface area contributed by atoms with Crippen LogP contribution >= 0.6 is 0 Å². The highest BCUT2D eigenvalue weighted by atomic mass is 15.2. The average molecular weight is 193 g/mol. The maximum Gasteiger partial charge on any atom is 0.0324 e. The molecule has 80 valence electrons. The highest BCUT2D eigenvalue weighted by Crippen LogP contribution is 2.36. The van der Waals surface area contributed by atoms with E-state index in [4.69, 9.17) is 0 Å². The summed E-state index contributed by atoms with van der Waals surface area (Å²) in [6.45, 7) is 5.96. The van der Waals surface area contributed by atoms with Crippen molar-refractivity contribution < 1.29 is 0 Å². The van der Waals surface area contributed by atoms with Gasteiger partial charge >= 0.3 is 0 Å². The van der Waals surface area contributed by atoms with Crippen LogP contribution in [-0.4, -0.2) is 17.5 Å². The molecule has 1 fully saturated rings. The zero-order valence-electron chi connectivity index (χ0n) is 9.68. The van der Waals surface area contributed by atoms with Crippen LogP contribution in [0, 0.1) is 0 Å². The van der Waals surface area contributed by atoms with E-state index in [0.29, 0.717) is 0 Å². The van der Waals surface area contributed by atoms with Crippen molar-refractivity contribution in [1.82, 2.24) is 4.90 Å². The summed E-state index contributed by atoms with van der Waals surface area (Å²) in [5, 5.41) is 0. The summed E-state index contributed by atoms with van der Waals surface area (Å²) in [7, 11) is 0. The summed E-state index contributed by atoms with van der Waals surface area (Å²) in [6, 6.07) is 0.885. The van der Waals surface area contributed by atoms with Crippen molar-refractivity contribution in [3.63, 3.8) is 0 Å². The molecule has 0 aromatic carbocycles. The van der Waals surface area contributed by atoms with Crippen molar-refractivity contribution in [2.75, 3.05) is 6.54 Å². The number of rotatable bonds is 3. The van der Waals surface area contributed by atoms with Gasteiger partial charge in [-0.1, -0.05) is 13.3 Å². The lowest BCUT2D eigenvalue weighted by Crippen LogP contribution is -2.33. The number of unbranched alkanes of at least 4 members (excludes halogenated alkanes) is 1. The van der Waals surface area contributed by atoms with E-state index in [-0.39, 0.29) is 0 Å². The van der Waals surface area contributed by atoms with Crippen LogP contribution in [0.5, 0.6) is 0 Å². The molecule has 1 heteroatoms. The Morgan fingerprint density at radius 3 is 2.93 bits per heavy atom. The van der Waals surface area contributed by atoms with Crippen LogP contribution in [0.1, 0.15) is 58.8 Å². The largest absolute Gasteiger partial charge is 0.372 e. The molecule has 2 aliphatic rings. The van der Waals surface area contributed by atoms with Gasteiger partial charge in [0.2, 0.25) is 0 Å². The second-order valence-corrected chi connectivity index (χ2v) is 4.84. The third kappa shape index (κ3) is 1.82. The summed E-state index contributed by atoms with van der Waals surface area (Å²) in [5.41, 5.74) is 3.39. The molecule has 1 nitrogen and oxygen atoms in total. The van der Waals surface area contributed by atoms with Crippen LogP contribution in [0.25, 0.3) is 0 Å². The van der Waals surface area contributed by atoms with Gasteiger partial charge in [-0.05, 0) is 51.0 Å². The Morgan fingerprint density at radius 2 is 2.21 bits per heavy atom. The standard InChI is InChI=1S/C13H23N/c1-3-4-7-12-10-13-8-5-6-9-14(13)11(12)2/h13H,3-10H2,1-2H3. The third-order valence-electron chi connectivity index (χ3n) is 3.88. The van der Waals surface area contributed by atoms with Crippen LogP contribution < -0.4 is 0 Å². The number of hydrogen-bond donors (Lipinski definition) is 0. The van der Waals surface area contributed by atoms with Crippen molar-refractivity contribution >= 4 is 0 Å². The lowest BCUT2D eigenvalue weighted by Gasteiger charge is -2.32. The van der Waals surface area contributed by atoms with Gasteiger partial charge in [0.15, 0.2) is 0 Å². The Kier molecular flexibility index (Phi) is 3.15. The molecule has 2 heterocycles. The summed E-state index contributed by atoms with van der Waals surface area (Å²) < 4.78 is 0. The first-order chi connectivity index (χ1) is 6.83. The summed E-state index contributed by atoms with van der Waals surface area (Å²) >= 11 is 0. The molecule has 14 heavy (non-hydrogen) atoms. The van der Waals surface area contributed by atoms with Crippen molar-refractivity contribution in [3.8, 4) is 0 Å². The lowest BCUT2D eigenvalue weighted by molar-refractivity contribution is 0.217. The van der Waals surface area contributed by atoms with E-state index >= 15 is 0 Å². The zero-order valence-corrected chi connectivity index (χ0v) is 9.68. The Balaban J connectivity index is 1.99. The van der Waals surface area contributed by atoms with Crippen molar-refractivity contribution in [2.45, 2.75) is 64.8 Å². The Bertz CT molecular complexity index is 229. The Morgan fingerprint density at radius 1 is 1.36 bits per heavy atom. The fourth-order valence-corrected chi connectivity index (χ4v) is 2.96. The van der Waals surface area contributed by atoms with Gasteiger partial charge in [0, 0.05) is 18.3 Å². The van der Waals surface area contributed by atoms with Gasteiger partial charge in [-0.25, -0.2) is 0 Å². The fraction of sp³-hybridized carbons (Fsp3) is 0.846. The number of allylic oxidation sites excluding steroid dienone is 1. The molecule has 0 bridgehead atoms. The minimum atomic E-state index is 0.885. The minimum absolute atomic E-state index is 0.885. The maximum atomic E-state index is 2.68. The number of fused-ring (bicyclic) bond motifs is 1. The molecule has 0 N–H and O–H groups in total. The first-order valence-corrected chi connectivity index (χ1v) is 6.28. The minimum Gasteiger partial charge on any atom is -0.372 e. The van der Waals surface area contributed by atoms with Crippen LogP contribution in [-0.2, 0) is 0 Å². The van der Waals surface area contributed by atoms with Gasteiger partial charge in [-0.15, -0.1) is 0 Å². The second kappa shape index (κ2) is 4.37. The SMILES string of the molecule is CCCCC1=C(C)N2CCCCC2C1. The maximum absolute atomic E-state index is 2.68. The van der Waals surface area contributed by atoms with E-state index in [2.05, 4.69) is 18.7 Å². The monoisotopic (exact) mass is 193 g/mol. The van der Waals surface area contributed by atoms with Crippen LogP contribution in [0.15, 0.2) is 11.3 Å². The predicted octanol–water partition coefficient (Wildman–Crippen LogP) is 3.71. The van der Waals surface area contributed by atoms with E-state index in [1.807, 2.05) is 0 Å². The lowest BCUT2D eigenvalue weighted by atomic mass is 9.99. The molecule has 0 aliphatic carbocycles. The van der Waals surface area contributed by atoms with Gasteiger partial charge in [0.05, 0.1) is 0 Å². The molecule has 2 rings (SSSR count). The zero-order chi connectivity index (χ0) is 9.97. The smallest absolute Gasteiger partial charge is 0.0324 e. The predicted molar refractivity (Wildman–Crippen MR) is 61.2 cm³/mol. The Hall–Kier alpha value is -0.460. The van der Waals surface area contributed by atoms with Gasteiger partial charge < -0.3 is 4.90 Å². The fourth-order valence-electron chi connectivity index (χ4n) is 2.96. The highest BCUT2D eigenvalue weighted by molar-refractivity contribution is 5.20. The van der Waals surface area contributed by atoms with Gasteiger partial charge in [-0.2, -0.15) is 0 Å². The third-order valence-corrected chi connectivity index (χ3v) is 3.88. The molecule has 0 aromatic heterocycles. The topological polar surface area (TPSA) is 3.24 Å². The quantitative estimate of drug-likeness (QED) is 0.660. The highest BCUT2D eigenvalue weighted by Gasteiger charge is 2.30. The molecular weight excluding hydrogens is 170 g/mol. The van der Waals surface area contributed by atoms with Crippen LogP contribution in [0.2, 0.25) is 0 Å². The first kappa shape index (κ1) is 10.1. The molecule has 1 saturated heterocycles. The first-order valence-electron chi connectivity index (χ1n) is 6.28. The molecule has 1 unspecified atom stereocenters. The van der Waals surface area contributed by atoms with E-state index in [0.717, 1.165) is 6.04 Å². The normalized spacial score (nSPS) is 27.0. The molecule has 0 aromatic rings. The van der Waals surface area contributed by atoms with Gasteiger partial charge in [0.1, 0.15) is 0 Å². The van der Waals surface area contributed by atoms with Crippen molar-refractivity contribution in [1.29, 1.82) is 0 Å². The number of piperidine rings is 1. The molecule has 0 saturated carbocycles. The molecule has 2 aliphatic heterocycles. The van der Waals surface area contributed by atoms with E-state index < -0.39 is 0 Å². The molecule has 0 amide bonds. The van der Waals surface area contributed by atoms with E-state index in [1.165, 1.54) is 51.5 Å². The summed E-state index contributed by atoms with van der Waals surface area (Å²) in [4.78, 5) is 2.68. The molecule has 1 atom stereocenters. The van der Waals surface area contributed by atoms with E-state index in [9.17, 15) is 0 Å². The van der Waals surface area contributed by atoms with Crippen molar-refractivity contribution in [2.24, 2.45) is 0 Å². The summed E-state index contributed by atoms with van der Waals surface area (Å²) in [5.74, 6) is 0. The van der Waals surface area contributed by atoms with Gasteiger partial charge in [0.25, 0.3) is 0 Å². The number of nitrogens with zero attached hydrogens (tertiary/aromatic N) is 1. The van der Waals surface area contributed by atoms with Crippen LogP contribution in [0.4, 0.5) is 0 Å². The van der Waals surface area contributed by atoms with Gasteiger partial charge in [-0.3, -0.25) is 0 Å². The second-order valence-electron chi connectivity index (χ2n) is 4.84. The number of hydrogen-bond acceptors (Lipinski definition) is 1. The Labute approximate surface area is 88.2 Å². The molecule has 0 spiro atoms. The average Bonchev–Trinajstić information content (AvgIpc) is 2.54. The van der Waals surface area contributed by atoms with E-state index in [1.54, 1.807) is 11.3 Å². The van der Waals surface area contributed by atoms with Crippen LogP contribution in [0.3, 0.4) is 0 Å². The molecule has 0 radical (unpaired) electrons.